The number of hydrogen-bond acceptors (Lipinski definition) is 2. The standard InChI is InChI=1S/C10H10ClFO2Se/c1-2-14-10(13)9(12)15-8-5-3-7(11)4-6-8/h3-6,9H,2H2,1H3. The van der Waals surface area contributed by atoms with Gasteiger partial charge in [0.15, 0.2) is 0 Å². The molecule has 1 aromatic rings. The van der Waals surface area contributed by atoms with Gasteiger partial charge in [-0.1, -0.05) is 0 Å². The number of alkyl halides is 1. The second-order valence-corrected chi connectivity index (χ2v) is 5.43. The van der Waals surface area contributed by atoms with Crippen molar-refractivity contribution in [2.75, 3.05) is 6.61 Å². The molecule has 1 atom stereocenters. The molecule has 15 heavy (non-hydrogen) atoms. The molecule has 0 radical (unpaired) electrons. The topological polar surface area (TPSA) is 26.3 Å². The first-order valence-corrected chi connectivity index (χ1v) is 6.58. The molecule has 0 saturated heterocycles. The number of ether oxygens (including phenoxy) is 1. The average molecular weight is 296 g/mol. The van der Waals surface area contributed by atoms with Gasteiger partial charge >= 0.3 is 98.8 Å². The van der Waals surface area contributed by atoms with Crippen LogP contribution in [0.3, 0.4) is 0 Å². The van der Waals surface area contributed by atoms with Crippen molar-refractivity contribution in [1.29, 1.82) is 0 Å². The van der Waals surface area contributed by atoms with E-state index in [0.29, 0.717) is 5.02 Å². The SMILES string of the molecule is CCOC(=O)C(F)[Se]c1ccc(Cl)cc1. The molecule has 0 aromatic heterocycles. The van der Waals surface area contributed by atoms with Crippen molar-refractivity contribution in [2.45, 2.75) is 12.0 Å². The molecule has 2 nitrogen and oxygen atoms in total. The number of carbonyl (C=O) groups excluding carboxylic acids is 1. The third-order valence-electron chi connectivity index (χ3n) is 1.53. The number of hydrogen-bond donors (Lipinski definition) is 0. The summed E-state index contributed by atoms with van der Waals surface area (Å²) in [6.45, 7) is 1.86. The Labute approximate surface area is 98.9 Å². The number of halogens is 2. The maximum absolute atomic E-state index is 13.3. The molecule has 0 amide bonds. The third-order valence-corrected chi connectivity index (χ3v) is 3.76. The van der Waals surface area contributed by atoms with E-state index in [1.54, 1.807) is 31.2 Å². The summed E-state index contributed by atoms with van der Waals surface area (Å²) in [5.41, 5.74) is 0. The molecule has 1 unspecified atom stereocenters. The van der Waals surface area contributed by atoms with Crippen LogP contribution >= 0.6 is 11.6 Å². The Balaban J connectivity index is 2.54. The van der Waals surface area contributed by atoms with Crippen LogP contribution in [0.2, 0.25) is 5.02 Å². The molecule has 5 heteroatoms. The molecule has 0 spiro atoms. The fourth-order valence-electron chi connectivity index (χ4n) is 0.889. The van der Waals surface area contributed by atoms with Crippen LogP contribution in [-0.2, 0) is 9.53 Å². The van der Waals surface area contributed by atoms with Crippen LogP contribution in [0, 0.1) is 0 Å². The predicted octanol–water partition coefficient (Wildman–Crippen LogP) is 1.53. The zero-order valence-corrected chi connectivity index (χ0v) is 10.5. The zero-order valence-electron chi connectivity index (χ0n) is 8.07. The quantitative estimate of drug-likeness (QED) is 0.622. The number of rotatable bonds is 4. The first-order valence-electron chi connectivity index (χ1n) is 4.36. The average Bonchev–Trinajstić information content (AvgIpc) is 2.22. The Kier molecular flexibility index (Phi) is 5.09. The molecule has 1 aromatic carbocycles. The van der Waals surface area contributed by atoms with E-state index in [0.717, 1.165) is 4.46 Å². The molecule has 1 rings (SSSR count). The first kappa shape index (κ1) is 12.5. The molecule has 82 valence electrons. The maximum atomic E-state index is 13.3. The van der Waals surface area contributed by atoms with Crippen molar-refractivity contribution in [3.8, 4) is 0 Å². The van der Waals surface area contributed by atoms with E-state index in [4.69, 9.17) is 11.6 Å². The summed E-state index contributed by atoms with van der Waals surface area (Å²) in [5, 5.41) is -0.945. The second-order valence-electron chi connectivity index (χ2n) is 2.64. The first-order chi connectivity index (χ1) is 7.13. The van der Waals surface area contributed by atoms with E-state index in [9.17, 15) is 9.18 Å². The van der Waals surface area contributed by atoms with Gasteiger partial charge in [0.1, 0.15) is 0 Å². The van der Waals surface area contributed by atoms with Crippen molar-refractivity contribution < 1.29 is 13.9 Å². The molecule has 0 aliphatic heterocycles. The van der Waals surface area contributed by atoms with Crippen LogP contribution in [0.1, 0.15) is 6.92 Å². The normalized spacial score (nSPS) is 12.2. The van der Waals surface area contributed by atoms with Gasteiger partial charge in [-0.15, -0.1) is 0 Å². The van der Waals surface area contributed by atoms with E-state index in [1.165, 1.54) is 0 Å². The molecule has 0 aliphatic rings. The summed E-state index contributed by atoms with van der Waals surface area (Å²) in [6.07, 6.45) is 0. The molecular weight excluding hydrogens is 286 g/mol. The Morgan fingerprint density at radius 2 is 2.13 bits per heavy atom. The Morgan fingerprint density at radius 1 is 1.53 bits per heavy atom. The predicted molar refractivity (Wildman–Crippen MR) is 58.4 cm³/mol. The minimum absolute atomic E-state index is 0.204. The van der Waals surface area contributed by atoms with Crippen molar-refractivity contribution >= 4 is 37.0 Å². The van der Waals surface area contributed by atoms with Gasteiger partial charge in [0.2, 0.25) is 0 Å². The number of carbonyl (C=O) groups is 1. The van der Waals surface area contributed by atoms with Crippen molar-refractivity contribution in [3.63, 3.8) is 0 Å². The molecule has 0 heterocycles. The summed E-state index contributed by atoms with van der Waals surface area (Å²) in [5.74, 6) is -0.785. The Bertz CT molecular complexity index is 329. The van der Waals surface area contributed by atoms with Crippen LogP contribution in [-0.4, -0.2) is 32.6 Å². The van der Waals surface area contributed by atoms with Gasteiger partial charge in [0.25, 0.3) is 0 Å². The molecular formula is C10H10ClFO2Se. The fraction of sp³-hybridized carbons (Fsp3) is 0.300. The zero-order chi connectivity index (χ0) is 11.3. The van der Waals surface area contributed by atoms with Gasteiger partial charge in [-0.2, -0.15) is 0 Å². The van der Waals surface area contributed by atoms with Crippen molar-refractivity contribution in [3.05, 3.63) is 29.3 Å². The van der Waals surface area contributed by atoms with E-state index in [1.807, 2.05) is 0 Å². The summed E-state index contributed by atoms with van der Waals surface area (Å²) >= 11 is 5.12. The minimum atomic E-state index is -1.54. The van der Waals surface area contributed by atoms with E-state index in [2.05, 4.69) is 4.74 Å². The summed E-state index contributed by atoms with van der Waals surface area (Å²) in [4.78, 5) is 11.0. The summed E-state index contributed by atoms with van der Waals surface area (Å²) < 4.78 is 18.6. The van der Waals surface area contributed by atoms with Crippen molar-refractivity contribution in [1.82, 2.24) is 0 Å². The Morgan fingerprint density at radius 3 is 2.67 bits per heavy atom. The van der Waals surface area contributed by atoms with Gasteiger partial charge in [0.05, 0.1) is 0 Å². The number of benzene rings is 1. The van der Waals surface area contributed by atoms with Crippen LogP contribution in [0.4, 0.5) is 4.39 Å². The molecule has 0 fully saturated rings. The summed E-state index contributed by atoms with van der Waals surface area (Å²) in [6, 6.07) is 6.79. The van der Waals surface area contributed by atoms with Crippen LogP contribution in [0.15, 0.2) is 24.3 Å². The molecule has 0 aliphatic carbocycles. The molecule has 0 bridgehead atoms. The van der Waals surface area contributed by atoms with Gasteiger partial charge in [-0.05, 0) is 0 Å². The van der Waals surface area contributed by atoms with Crippen LogP contribution in [0.5, 0.6) is 0 Å². The van der Waals surface area contributed by atoms with Crippen molar-refractivity contribution in [2.24, 2.45) is 0 Å². The van der Waals surface area contributed by atoms with Gasteiger partial charge in [-0.3, -0.25) is 0 Å². The monoisotopic (exact) mass is 296 g/mol. The second kappa shape index (κ2) is 6.11. The van der Waals surface area contributed by atoms with Crippen LogP contribution < -0.4 is 4.46 Å². The Hall–Kier alpha value is -0.571. The van der Waals surface area contributed by atoms with Crippen LogP contribution in [0.25, 0.3) is 0 Å². The third kappa shape index (κ3) is 4.20. The number of esters is 1. The van der Waals surface area contributed by atoms with E-state index < -0.39 is 26.0 Å². The fourth-order valence-corrected chi connectivity index (χ4v) is 2.48. The van der Waals surface area contributed by atoms with Gasteiger partial charge in [-0.25, -0.2) is 0 Å². The molecule has 0 N–H and O–H groups in total. The van der Waals surface area contributed by atoms with Gasteiger partial charge in [0, 0.05) is 0 Å². The molecule has 0 saturated carbocycles. The summed E-state index contributed by atoms with van der Waals surface area (Å²) in [7, 11) is 0. The van der Waals surface area contributed by atoms with Gasteiger partial charge < -0.3 is 0 Å². The van der Waals surface area contributed by atoms with E-state index >= 15 is 0 Å². The van der Waals surface area contributed by atoms with E-state index in [-0.39, 0.29) is 6.61 Å².